The molecule has 0 unspecified atom stereocenters. The second-order valence-corrected chi connectivity index (χ2v) is 4.72. The zero-order valence-electron chi connectivity index (χ0n) is 8.50. The Morgan fingerprint density at radius 3 is 2.79 bits per heavy atom. The summed E-state index contributed by atoms with van der Waals surface area (Å²) in [6.07, 6.45) is 1.53. The van der Waals surface area contributed by atoms with Crippen LogP contribution in [0.25, 0.3) is 0 Å². The summed E-state index contributed by atoms with van der Waals surface area (Å²) in [7, 11) is 0. The van der Waals surface area contributed by atoms with Crippen molar-refractivity contribution >= 4 is 22.4 Å². The highest BCUT2D eigenvalue weighted by molar-refractivity contribution is 7.10. The molecule has 0 atom stereocenters. The lowest BCUT2D eigenvalue weighted by Crippen LogP contribution is -2.41. The molecule has 0 radical (unpaired) electrons. The molecule has 78 valence electrons. The van der Waals surface area contributed by atoms with Crippen molar-refractivity contribution in [2.24, 2.45) is 0 Å². The van der Waals surface area contributed by atoms with Gasteiger partial charge in [-0.05, 0) is 20.8 Å². The highest BCUT2D eigenvalue weighted by atomic mass is 32.1. The van der Waals surface area contributed by atoms with E-state index >= 15 is 0 Å². The molecular formula is C8H14N4OS. The van der Waals surface area contributed by atoms with Crippen LogP contribution in [0, 0.1) is 0 Å². The van der Waals surface area contributed by atoms with E-state index in [-0.39, 0.29) is 11.4 Å². The van der Waals surface area contributed by atoms with Crippen LogP contribution in [0.2, 0.25) is 0 Å². The van der Waals surface area contributed by atoms with Crippen molar-refractivity contribution in [2.45, 2.75) is 26.3 Å². The number of nitrogens with zero attached hydrogens (tertiary/aromatic N) is 2. The maximum absolute atomic E-state index is 11.3. The van der Waals surface area contributed by atoms with E-state index in [9.17, 15) is 4.79 Å². The number of rotatable bonds is 3. The normalized spacial score (nSPS) is 11.4. The van der Waals surface area contributed by atoms with Crippen LogP contribution < -0.4 is 10.6 Å². The fraction of sp³-hybridized carbons (Fsp3) is 0.625. The molecule has 0 aliphatic rings. The number of amides is 1. The van der Waals surface area contributed by atoms with Crippen molar-refractivity contribution in [3.63, 3.8) is 0 Å². The lowest BCUT2D eigenvalue weighted by Gasteiger charge is -2.19. The predicted octanol–water partition coefficient (Wildman–Crippen LogP) is 0.865. The molecule has 0 aromatic carbocycles. The second-order valence-electron chi connectivity index (χ2n) is 3.93. The quantitative estimate of drug-likeness (QED) is 0.783. The Morgan fingerprint density at radius 2 is 2.29 bits per heavy atom. The molecule has 1 heterocycles. The van der Waals surface area contributed by atoms with Gasteiger partial charge >= 0.3 is 0 Å². The topological polar surface area (TPSA) is 66.9 Å². The van der Waals surface area contributed by atoms with E-state index in [0.717, 1.165) is 11.5 Å². The average Bonchev–Trinajstić information content (AvgIpc) is 2.52. The zero-order valence-corrected chi connectivity index (χ0v) is 9.31. The molecule has 14 heavy (non-hydrogen) atoms. The monoisotopic (exact) mass is 214 g/mol. The summed E-state index contributed by atoms with van der Waals surface area (Å²) in [5.74, 6) is -0.0778. The fourth-order valence-corrected chi connectivity index (χ4v) is 1.19. The SMILES string of the molecule is CC(C)(C)NCC(=O)Nc1cnns1. The molecule has 5 nitrogen and oxygen atoms in total. The third kappa shape index (κ3) is 4.29. The van der Waals surface area contributed by atoms with Crippen LogP contribution in [0.5, 0.6) is 0 Å². The number of nitrogens with one attached hydrogen (secondary N) is 2. The van der Waals surface area contributed by atoms with Crippen LogP contribution in [-0.4, -0.2) is 27.6 Å². The fourth-order valence-electron chi connectivity index (χ4n) is 0.749. The third-order valence-electron chi connectivity index (χ3n) is 1.40. The van der Waals surface area contributed by atoms with Crippen molar-refractivity contribution in [3.8, 4) is 0 Å². The van der Waals surface area contributed by atoms with E-state index in [4.69, 9.17) is 0 Å². The second kappa shape index (κ2) is 4.47. The van der Waals surface area contributed by atoms with Crippen molar-refractivity contribution in [3.05, 3.63) is 6.20 Å². The van der Waals surface area contributed by atoms with E-state index in [2.05, 4.69) is 20.2 Å². The summed E-state index contributed by atoms with van der Waals surface area (Å²) < 4.78 is 3.64. The standard InChI is InChI=1S/C8H14N4OS/c1-8(2,3)9-4-6(13)11-7-5-10-12-14-7/h5,9H,4H2,1-3H3,(H,11,13). The largest absolute Gasteiger partial charge is 0.314 e. The molecule has 1 rings (SSSR count). The summed E-state index contributed by atoms with van der Waals surface area (Å²) in [6, 6.07) is 0. The number of anilines is 1. The number of hydrogen-bond donors (Lipinski definition) is 2. The molecule has 0 saturated heterocycles. The highest BCUT2D eigenvalue weighted by Crippen LogP contribution is 2.08. The maximum Gasteiger partial charge on any atom is 0.239 e. The van der Waals surface area contributed by atoms with Crippen LogP contribution in [-0.2, 0) is 4.79 Å². The number of carbonyl (C=O) groups is 1. The Kier molecular flexibility index (Phi) is 3.54. The summed E-state index contributed by atoms with van der Waals surface area (Å²) >= 11 is 1.16. The van der Waals surface area contributed by atoms with Gasteiger partial charge in [0.05, 0.1) is 12.7 Å². The summed E-state index contributed by atoms with van der Waals surface area (Å²) in [5.41, 5.74) is -0.0523. The number of aromatic nitrogens is 2. The minimum absolute atomic E-state index is 0.0523. The highest BCUT2D eigenvalue weighted by Gasteiger charge is 2.11. The Balaban J connectivity index is 2.30. The Hall–Kier alpha value is -1.01. The molecule has 0 aliphatic heterocycles. The first-order valence-electron chi connectivity index (χ1n) is 4.29. The van der Waals surface area contributed by atoms with Crippen LogP contribution in [0.15, 0.2) is 6.20 Å². The van der Waals surface area contributed by atoms with Gasteiger partial charge in [0.2, 0.25) is 5.91 Å². The van der Waals surface area contributed by atoms with E-state index in [1.807, 2.05) is 20.8 Å². The van der Waals surface area contributed by atoms with Crippen LogP contribution in [0.3, 0.4) is 0 Å². The molecule has 0 saturated carbocycles. The summed E-state index contributed by atoms with van der Waals surface area (Å²) in [5, 5.41) is 10.1. The van der Waals surface area contributed by atoms with Gasteiger partial charge in [-0.1, -0.05) is 4.49 Å². The zero-order chi connectivity index (χ0) is 10.6. The third-order valence-corrected chi connectivity index (χ3v) is 1.98. The Labute approximate surface area is 87.1 Å². The van der Waals surface area contributed by atoms with Gasteiger partial charge in [-0.25, -0.2) is 0 Å². The molecule has 6 heteroatoms. The lowest BCUT2D eigenvalue weighted by atomic mass is 10.1. The molecule has 1 aromatic heterocycles. The van der Waals surface area contributed by atoms with Crippen molar-refractivity contribution in [1.29, 1.82) is 0 Å². The van der Waals surface area contributed by atoms with Gasteiger partial charge in [0.1, 0.15) is 5.00 Å². The molecule has 1 aromatic rings. The maximum atomic E-state index is 11.3. The van der Waals surface area contributed by atoms with Gasteiger partial charge in [0, 0.05) is 17.1 Å². The molecule has 0 fully saturated rings. The first-order chi connectivity index (χ1) is 6.47. The van der Waals surface area contributed by atoms with Gasteiger partial charge in [-0.15, -0.1) is 5.10 Å². The molecule has 0 aliphatic carbocycles. The minimum Gasteiger partial charge on any atom is -0.314 e. The first-order valence-corrected chi connectivity index (χ1v) is 5.07. The van der Waals surface area contributed by atoms with Gasteiger partial charge in [-0.3, -0.25) is 4.79 Å². The van der Waals surface area contributed by atoms with E-state index in [1.54, 1.807) is 0 Å². The summed E-state index contributed by atoms with van der Waals surface area (Å²) in [4.78, 5) is 11.3. The first kappa shape index (κ1) is 11.1. The van der Waals surface area contributed by atoms with E-state index < -0.39 is 0 Å². The summed E-state index contributed by atoms with van der Waals surface area (Å²) in [6.45, 7) is 6.32. The molecular weight excluding hydrogens is 200 g/mol. The van der Waals surface area contributed by atoms with Crippen LogP contribution >= 0.6 is 11.5 Å². The molecule has 0 bridgehead atoms. The number of carbonyl (C=O) groups excluding carboxylic acids is 1. The smallest absolute Gasteiger partial charge is 0.239 e. The lowest BCUT2D eigenvalue weighted by molar-refractivity contribution is -0.115. The molecule has 2 N–H and O–H groups in total. The van der Waals surface area contributed by atoms with Gasteiger partial charge < -0.3 is 10.6 Å². The van der Waals surface area contributed by atoms with Crippen molar-refractivity contribution in [2.75, 3.05) is 11.9 Å². The average molecular weight is 214 g/mol. The van der Waals surface area contributed by atoms with Crippen molar-refractivity contribution < 1.29 is 4.79 Å². The predicted molar refractivity (Wildman–Crippen MR) is 56.3 cm³/mol. The van der Waals surface area contributed by atoms with Gasteiger partial charge in [0.25, 0.3) is 0 Å². The van der Waals surface area contributed by atoms with Crippen LogP contribution in [0.1, 0.15) is 20.8 Å². The molecule has 1 amide bonds. The van der Waals surface area contributed by atoms with Gasteiger partial charge in [0.15, 0.2) is 0 Å². The van der Waals surface area contributed by atoms with Crippen LogP contribution in [0.4, 0.5) is 5.00 Å². The Morgan fingerprint density at radius 1 is 1.57 bits per heavy atom. The Bertz CT molecular complexity index is 291. The van der Waals surface area contributed by atoms with E-state index in [1.165, 1.54) is 6.20 Å². The van der Waals surface area contributed by atoms with Gasteiger partial charge in [-0.2, -0.15) is 0 Å². The van der Waals surface area contributed by atoms with E-state index in [0.29, 0.717) is 11.5 Å². The minimum atomic E-state index is -0.0778. The molecule has 0 spiro atoms. The van der Waals surface area contributed by atoms with Crippen molar-refractivity contribution in [1.82, 2.24) is 14.9 Å². The number of hydrogen-bond acceptors (Lipinski definition) is 5.